The van der Waals surface area contributed by atoms with Gasteiger partial charge in [0.05, 0.1) is 29.9 Å². The SMILES string of the molecule is CS(=O)(=O)Nc1cc(-c2ccc(F)cc2F)cc(-n2cnc3cc(-c4cnn(C5CCCC5)c4)cnc32)c1. The first kappa shape index (κ1) is 24.2. The van der Waals surface area contributed by atoms with Crippen molar-refractivity contribution in [2.45, 2.75) is 31.7 Å². The number of benzene rings is 2. The number of imidazole rings is 1. The lowest BCUT2D eigenvalue weighted by Crippen LogP contribution is -2.10. The number of anilines is 1. The number of hydrogen-bond donors (Lipinski definition) is 1. The fourth-order valence-electron chi connectivity index (χ4n) is 5.01. The van der Waals surface area contributed by atoms with Gasteiger partial charge in [0.25, 0.3) is 0 Å². The van der Waals surface area contributed by atoms with Gasteiger partial charge in [-0.25, -0.2) is 27.2 Å². The molecule has 1 aliphatic carbocycles. The number of pyridine rings is 1. The lowest BCUT2D eigenvalue weighted by atomic mass is 10.0. The van der Waals surface area contributed by atoms with E-state index in [2.05, 4.69) is 19.8 Å². The molecule has 3 heterocycles. The predicted octanol–water partition coefficient (Wildman–Crippen LogP) is 5.72. The van der Waals surface area contributed by atoms with Crippen LogP contribution in [-0.2, 0) is 10.0 Å². The van der Waals surface area contributed by atoms with E-state index < -0.39 is 21.7 Å². The van der Waals surface area contributed by atoms with Crippen molar-refractivity contribution in [3.8, 4) is 27.9 Å². The highest BCUT2D eigenvalue weighted by Crippen LogP contribution is 2.33. The van der Waals surface area contributed by atoms with E-state index in [0.717, 1.165) is 42.4 Å². The number of fused-ring (bicyclic) bond motifs is 1. The molecule has 0 atom stereocenters. The summed E-state index contributed by atoms with van der Waals surface area (Å²) in [6.07, 6.45) is 13.0. The summed E-state index contributed by atoms with van der Waals surface area (Å²) in [6, 6.07) is 10.4. The molecule has 0 saturated heterocycles. The van der Waals surface area contributed by atoms with Crippen LogP contribution in [-0.4, -0.2) is 39.0 Å². The van der Waals surface area contributed by atoms with E-state index in [0.29, 0.717) is 28.5 Å². The monoisotopic (exact) mass is 534 g/mol. The van der Waals surface area contributed by atoms with Crippen molar-refractivity contribution < 1.29 is 17.2 Å². The normalized spacial score (nSPS) is 14.4. The molecule has 0 radical (unpaired) electrons. The second kappa shape index (κ2) is 9.32. The summed E-state index contributed by atoms with van der Waals surface area (Å²) in [5.41, 5.74) is 4.23. The topological polar surface area (TPSA) is 94.7 Å². The molecule has 194 valence electrons. The summed E-state index contributed by atoms with van der Waals surface area (Å²) in [4.78, 5) is 9.15. The quantitative estimate of drug-likeness (QED) is 0.301. The molecule has 0 amide bonds. The van der Waals surface area contributed by atoms with Crippen molar-refractivity contribution in [3.05, 3.63) is 79.0 Å². The van der Waals surface area contributed by atoms with Gasteiger partial charge in [-0.1, -0.05) is 12.8 Å². The molecule has 0 unspecified atom stereocenters. The molecule has 0 bridgehead atoms. The molecule has 0 aliphatic heterocycles. The van der Waals surface area contributed by atoms with E-state index in [9.17, 15) is 17.2 Å². The van der Waals surface area contributed by atoms with Gasteiger partial charge in [0.1, 0.15) is 23.5 Å². The zero-order valence-corrected chi connectivity index (χ0v) is 21.3. The Hall–Kier alpha value is -4.12. The number of rotatable bonds is 6. The fourth-order valence-corrected chi connectivity index (χ4v) is 5.55. The van der Waals surface area contributed by atoms with Crippen LogP contribution in [0.4, 0.5) is 14.5 Å². The maximum atomic E-state index is 14.6. The Labute approximate surface area is 218 Å². The molecule has 11 heteroatoms. The first-order valence-corrected chi connectivity index (χ1v) is 14.1. The van der Waals surface area contributed by atoms with Crippen molar-refractivity contribution in [1.29, 1.82) is 0 Å². The van der Waals surface area contributed by atoms with Crippen LogP contribution >= 0.6 is 0 Å². The molecule has 1 fully saturated rings. The van der Waals surface area contributed by atoms with E-state index in [1.807, 2.05) is 23.1 Å². The molecule has 1 saturated carbocycles. The van der Waals surface area contributed by atoms with E-state index in [4.69, 9.17) is 0 Å². The maximum absolute atomic E-state index is 14.6. The molecule has 5 aromatic rings. The van der Waals surface area contributed by atoms with Gasteiger partial charge < -0.3 is 0 Å². The van der Waals surface area contributed by atoms with Gasteiger partial charge in [0.15, 0.2) is 5.65 Å². The van der Waals surface area contributed by atoms with Crippen molar-refractivity contribution in [2.75, 3.05) is 11.0 Å². The Balaban J connectivity index is 1.41. The van der Waals surface area contributed by atoms with Crippen LogP contribution in [0, 0.1) is 11.6 Å². The Morgan fingerprint density at radius 3 is 2.53 bits per heavy atom. The third-order valence-corrected chi connectivity index (χ3v) is 7.37. The Morgan fingerprint density at radius 1 is 0.947 bits per heavy atom. The van der Waals surface area contributed by atoms with Gasteiger partial charge in [-0.2, -0.15) is 5.10 Å². The number of aromatic nitrogens is 5. The molecule has 8 nitrogen and oxygen atoms in total. The van der Waals surface area contributed by atoms with Crippen LogP contribution in [0.1, 0.15) is 31.7 Å². The van der Waals surface area contributed by atoms with Crippen molar-refractivity contribution in [1.82, 2.24) is 24.3 Å². The Morgan fingerprint density at radius 2 is 1.76 bits per heavy atom. The van der Waals surface area contributed by atoms with Crippen molar-refractivity contribution >= 4 is 26.9 Å². The summed E-state index contributed by atoms with van der Waals surface area (Å²) in [5.74, 6) is -1.46. The van der Waals surface area contributed by atoms with Crippen molar-refractivity contribution in [2.24, 2.45) is 0 Å². The highest BCUT2D eigenvalue weighted by Gasteiger charge is 2.19. The van der Waals surface area contributed by atoms with E-state index >= 15 is 0 Å². The molecule has 6 rings (SSSR count). The smallest absolute Gasteiger partial charge is 0.229 e. The Kier molecular flexibility index (Phi) is 5.94. The molecular formula is C27H24F2N6O2S. The van der Waals surface area contributed by atoms with Gasteiger partial charge in [0.2, 0.25) is 10.0 Å². The number of nitrogens with zero attached hydrogens (tertiary/aromatic N) is 5. The molecule has 1 N–H and O–H groups in total. The number of hydrogen-bond acceptors (Lipinski definition) is 5. The highest BCUT2D eigenvalue weighted by atomic mass is 32.2. The summed E-state index contributed by atoms with van der Waals surface area (Å²) < 4.78 is 58.2. The van der Waals surface area contributed by atoms with Crippen LogP contribution < -0.4 is 4.72 Å². The van der Waals surface area contributed by atoms with Gasteiger partial charge in [0, 0.05) is 35.2 Å². The summed E-state index contributed by atoms with van der Waals surface area (Å²) in [6.45, 7) is 0. The minimum atomic E-state index is -3.61. The minimum Gasteiger partial charge on any atom is -0.284 e. The molecule has 2 aromatic carbocycles. The van der Waals surface area contributed by atoms with Crippen LogP contribution in [0.3, 0.4) is 0 Å². The molecule has 38 heavy (non-hydrogen) atoms. The lowest BCUT2D eigenvalue weighted by Gasteiger charge is -2.13. The van der Waals surface area contributed by atoms with E-state index in [1.54, 1.807) is 29.2 Å². The van der Waals surface area contributed by atoms with Crippen molar-refractivity contribution in [3.63, 3.8) is 0 Å². The standard InChI is InChI=1S/C27H24F2N6O2S/c1-38(36,37)33-21-8-17(24-7-6-20(28)11-25(24)29)9-23(12-21)34-16-31-26-10-18(13-30-27(26)34)19-14-32-35(15-19)22-4-2-3-5-22/h6-16,22,33H,2-5H2,1H3. The molecule has 0 spiro atoms. The Bertz CT molecular complexity index is 1770. The van der Waals surface area contributed by atoms with Gasteiger partial charge >= 0.3 is 0 Å². The maximum Gasteiger partial charge on any atom is 0.229 e. The minimum absolute atomic E-state index is 0.128. The zero-order valence-electron chi connectivity index (χ0n) is 20.5. The molecule has 1 aliphatic rings. The average Bonchev–Trinajstić information content (AvgIpc) is 3.63. The average molecular weight is 535 g/mol. The second-order valence-corrected chi connectivity index (χ2v) is 11.3. The summed E-state index contributed by atoms with van der Waals surface area (Å²) >= 11 is 0. The number of halogens is 2. The summed E-state index contributed by atoms with van der Waals surface area (Å²) in [5, 5.41) is 4.55. The van der Waals surface area contributed by atoms with Crippen LogP contribution in [0.5, 0.6) is 0 Å². The number of sulfonamides is 1. The van der Waals surface area contributed by atoms with E-state index in [1.165, 1.54) is 25.0 Å². The number of nitrogens with one attached hydrogen (secondary N) is 1. The lowest BCUT2D eigenvalue weighted by molar-refractivity contribution is 0.467. The van der Waals surface area contributed by atoms with Gasteiger partial charge in [-0.15, -0.1) is 0 Å². The molecule has 3 aromatic heterocycles. The first-order chi connectivity index (χ1) is 18.2. The summed E-state index contributed by atoms with van der Waals surface area (Å²) in [7, 11) is -3.61. The molecular weight excluding hydrogens is 510 g/mol. The zero-order chi connectivity index (χ0) is 26.4. The fraction of sp³-hybridized carbons (Fsp3) is 0.222. The highest BCUT2D eigenvalue weighted by molar-refractivity contribution is 7.92. The van der Waals surface area contributed by atoms with E-state index in [-0.39, 0.29) is 11.3 Å². The van der Waals surface area contributed by atoms with Crippen LogP contribution in [0.15, 0.2) is 67.4 Å². The third-order valence-electron chi connectivity index (χ3n) is 6.76. The first-order valence-electron chi connectivity index (χ1n) is 12.2. The second-order valence-electron chi connectivity index (χ2n) is 9.60. The predicted molar refractivity (Wildman–Crippen MR) is 141 cm³/mol. The third kappa shape index (κ3) is 4.76. The van der Waals surface area contributed by atoms with Gasteiger partial charge in [-0.05, 0) is 54.8 Å². The van der Waals surface area contributed by atoms with Crippen LogP contribution in [0.2, 0.25) is 0 Å². The van der Waals surface area contributed by atoms with Crippen LogP contribution in [0.25, 0.3) is 39.1 Å². The largest absolute Gasteiger partial charge is 0.284 e. The van der Waals surface area contributed by atoms with Gasteiger partial charge in [-0.3, -0.25) is 14.0 Å².